The second-order valence-corrected chi connectivity index (χ2v) is 5.58. The molecule has 0 spiro atoms. The highest BCUT2D eigenvalue weighted by Crippen LogP contribution is 2.38. The molecule has 0 radical (unpaired) electrons. The largest absolute Gasteiger partial charge is 0.491 e. The molecule has 1 amide bonds. The highest BCUT2D eigenvalue weighted by Gasteiger charge is 2.10. The first-order valence-corrected chi connectivity index (χ1v) is 7.79. The Morgan fingerprint density at radius 3 is 2.64 bits per heavy atom. The van der Waals surface area contributed by atoms with E-state index in [0.29, 0.717) is 28.9 Å². The fraction of sp³-hybridized carbons (Fsp3) is 0.235. The molecule has 0 unspecified atom stereocenters. The summed E-state index contributed by atoms with van der Waals surface area (Å²) in [6, 6.07) is 9.42. The van der Waals surface area contributed by atoms with E-state index in [-0.39, 0.29) is 5.91 Å². The van der Waals surface area contributed by atoms with Gasteiger partial charge in [-0.3, -0.25) is 4.79 Å². The maximum atomic E-state index is 11.0. The van der Waals surface area contributed by atoms with Crippen molar-refractivity contribution in [3.63, 3.8) is 0 Å². The Morgan fingerprint density at radius 2 is 1.91 bits per heavy atom. The molecule has 22 heavy (non-hydrogen) atoms. The van der Waals surface area contributed by atoms with Gasteiger partial charge in [0.25, 0.3) is 0 Å². The van der Waals surface area contributed by atoms with Crippen molar-refractivity contribution in [1.82, 2.24) is 5.32 Å². The lowest BCUT2D eigenvalue weighted by Crippen LogP contribution is -2.22. The van der Waals surface area contributed by atoms with E-state index in [0.717, 1.165) is 23.6 Å². The molecule has 1 N–H and O–H groups in total. The van der Waals surface area contributed by atoms with Crippen molar-refractivity contribution in [3.05, 3.63) is 53.0 Å². The first kappa shape index (κ1) is 16.7. The average Bonchev–Trinajstić information content (AvgIpc) is 2.53. The third-order valence-corrected chi connectivity index (χ3v) is 3.79. The van der Waals surface area contributed by atoms with Crippen LogP contribution in [0.5, 0.6) is 5.75 Å². The maximum absolute atomic E-state index is 11.0. The van der Waals surface area contributed by atoms with E-state index in [1.54, 1.807) is 6.07 Å². The lowest BCUT2D eigenvalue weighted by molar-refractivity contribution is -0.116. The van der Waals surface area contributed by atoms with Gasteiger partial charge in [0.2, 0.25) is 5.91 Å². The lowest BCUT2D eigenvalue weighted by atomic mass is 10.1. The molecule has 0 saturated carbocycles. The number of unbranched alkanes of at least 4 members (excludes halogenated alkanes) is 1. The van der Waals surface area contributed by atoms with Gasteiger partial charge in [-0.1, -0.05) is 54.0 Å². The zero-order chi connectivity index (χ0) is 15.9. The Hall–Kier alpha value is -1.71. The van der Waals surface area contributed by atoms with Crippen molar-refractivity contribution in [2.75, 3.05) is 13.2 Å². The smallest absolute Gasteiger partial charge is 0.243 e. The number of hydrogen-bond acceptors (Lipinski definition) is 2. The maximum Gasteiger partial charge on any atom is 0.243 e. The van der Waals surface area contributed by atoms with Gasteiger partial charge in [-0.15, -0.1) is 0 Å². The minimum atomic E-state index is -0.160. The van der Waals surface area contributed by atoms with Gasteiger partial charge in [0.05, 0.1) is 16.7 Å². The predicted octanol–water partition coefficient (Wildman–Crippen LogP) is 4.61. The quantitative estimate of drug-likeness (QED) is 0.591. The van der Waals surface area contributed by atoms with Crippen molar-refractivity contribution in [2.24, 2.45) is 0 Å². The topological polar surface area (TPSA) is 38.3 Å². The Kier molecular flexibility index (Phi) is 6.10. The molecule has 116 valence electrons. The monoisotopic (exact) mass is 337 g/mol. The Balaban J connectivity index is 1.95. The Labute approximate surface area is 139 Å². The van der Waals surface area contributed by atoms with E-state index in [4.69, 9.17) is 27.9 Å². The molecule has 0 aromatic heterocycles. The van der Waals surface area contributed by atoms with E-state index >= 15 is 0 Å². The van der Waals surface area contributed by atoms with Crippen LogP contribution in [-0.4, -0.2) is 19.1 Å². The molecule has 2 aromatic rings. The summed E-state index contributed by atoms with van der Waals surface area (Å²) >= 11 is 12.4. The number of hydrogen-bond donors (Lipinski definition) is 1. The molecular formula is C17H17Cl2NO2. The van der Waals surface area contributed by atoms with Gasteiger partial charge in [0, 0.05) is 17.3 Å². The zero-order valence-corrected chi connectivity index (χ0v) is 13.6. The fourth-order valence-corrected chi connectivity index (χ4v) is 2.70. The summed E-state index contributed by atoms with van der Waals surface area (Å²) in [5, 5.41) is 5.66. The van der Waals surface area contributed by atoms with Crippen LogP contribution in [0.25, 0.3) is 10.8 Å². The highest BCUT2D eigenvalue weighted by atomic mass is 35.5. The van der Waals surface area contributed by atoms with E-state index in [1.807, 2.05) is 24.3 Å². The van der Waals surface area contributed by atoms with Crippen molar-refractivity contribution in [1.29, 1.82) is 0 Å². The molecule has 0 aliphatic carbocycles. The van der Waals surface area contributed by atoms with Crippen molar-refractivity contribution in [2.45, 2.75) is 12.8 Å². The summed E-state index contributed by atoms with van der Waals surface area (Å²) in [5.41, 5.74) is 0. The van der Waals surface area contributed by atoms with E-state index in [9.17, 15) is 4.79 Å². The fourth-order valence-electron chi connectivity index (χ4n) is 2.10. The number of amides is 1. The van der Waals surface area contributed by atoms with Crippen LogP contribution in [0.4, 0.5) is 0 Å². The summed E-state index contributed by atoms with van der Waals surface area (Å²) < 4.78 is 5.81. The van der Waals surface area contributed by atoms with Crippen LogP contribution < -0.4 is 10.1 Å². The number of halogens is 2. The minimum Gasteiger partial charge on any atom is -0.491 e. The number of ether oxygens (including phenoxy) is 1. The molecule has 3 nitrogen and oxygen atoms in total. The van der Waals surface area contributed by atoms with Gasteiger partial charge < -0.3 is 10.1 Å². The number of rotatable bonds is 7. The van der Waals surface area contributed by atoms with E-state index < -0.39 is 0 Å². The number of nitrogens with one attached hydrogen (secondary N) is 1. The Bertz CT molecular complexity index is 686. The molecule has 2 aromatic carbocycles. The third kappa shape index (κ3) is 4.15. The normalized spacial score (nSPS) is 10.5. The molecule has 2 rings (SSSR count). The van der Waals surface area contributed by atoms with Gasteiger partial charge in [0.1, 0.15) is 5.75 Å². The van der Waals surface area contributed by atoms with Crippen LogP contribution in [0.3, 0.4) is 0 Å². The second kappa shape index (κ2) is 8.06. The molecular weight excluding hydrogens is 321 g/mol. The van der Waals surface area contributed by atoms with Crippen LogP contribution in [0, 0.1) is 0 Å². The average molecular weight is 338 g/mol. The molecule has 0 atom stereocenters. The summed E-state index contributed by atoms with van der Waals surface area (Å²) in [6.07, 6.45) is 2.89. The molecule has 0 bridgehead atoms. The summed E-state index contributed by atoms with van der Waals surface area (Å²) in [4.78, 5) is 11.0. The molecule has 0 aliphatic rings. The molecule has 0 heterocycles. The number of benzene rings is 2. The third-order valence-electron chi connectivity index (χ3n) is 3.20. The number of carbonyl (C=O) groups is 1. The van der Waals surface area contributed by atoms with Crippen LogP contribution in [0.1, 0.15) is 12.8 Å². The predicted molar refractivity (Wildman–Crippen MR) is 91.9 cm³/mol. The molecule has 5 heteroatoms. The lowest BCUT2D eigenvalue weighted by Gasteiger charge is -2.12. The summed E-state index contributed by atoms with van der Waals surface area (Å²) in [5.74, 6) is 0.490. The second-order valence-electron chi connectivity index (χ2n) is 4.77. The zero-order valence-electron chi connectivity index (χ0n) is 12.1. The van der Waals surface area contributed by atoms with Gasteiger partial charge in [-0.25, -0.2) is 0 Å². The van der Waals surface area contributed by atoms with Crippen LogP contribution in [0.2, 0.25) is 10.0 Å². The highest BCUT2D eigenvalue weighted by molar-refractivity contribution is 6.39. The summed E-state index contributed by atoms with van der Waals surface area (Å²) in [6.45, 7) is 4.52. The van der Waals surface area contributed by atoms with Crippen LogP contribution in [0.15, 0.2) is 43.0 Å². The van der Waals surface area contributed by atoms with E-state index in [2.05, 4.69) is 11.9 Å². The van der Waals surface area contributed by atoms with Crippen LogP contribution in [-0.2, 0) is 4.79 Å². The van der Waals surface area contributed by atoms with Gasteiger partial charge in [-0.2, -0.15) is 0 Å². The molecule has 0 saturated heterocycles. The van der Waals surface area contributed by atoms with Gasteiger partial charge >= 0.3 is 0 Å². The van der Waals surface area contributed by atoms with Crippen molar-refractivity contribution >= 4 is 39.9 Å². The van der Waals surface area contributed by atoms with Crippen molar-refractivity contribution in [3.8, 4) is 5.75 Å². The van der Waals surface area contributed by atoms with Crippen LogP contribution >= 0.6 is 23.2 Å². The number of fused-ring (bicyclic) bond motifs is 1. The SMILES string of the molecule is C=CC(=O)NCCCCOc1c(Cl)cc(Cl)c2ccccc12. The molecule has 0 fully saturated rings. The van der Waals surface area contributed by atoms with Crippen molar-refractivity contribution < 1.29 is 9.53 Å². The first-order chi connectivity index (χ1) is 10.6. The van der Waals surface area contributed by atoms with Gasteiger partial charge in [-0.05, 0) is 25.0 Å². The molecule has 0 aliphatic heterocycles. The van der Waals surface area contributed by atoms with Gasteiger partial charge in [0.15, 0.2) is 0 Å². The standard InChI is InChI=1S/C17H17Cl2NO2/c1-2-16(21)20-9-5-6-10-22-17-13-8-4-3-7-12(13)14(18)11-15(17)19/h2-4,7-8,11H,1,5-6,9-10H2,(H,20,21). The number of carbonyl (C=O) groups excluding carboxylic acids is 1. The first-order valence-electron chi connectivity index (χ1n) is 7.03. The minimum absolute atomic E-state index is 0.160. The Morgan fingerprint density at radius 1 is 1.18 bits per heavy atom. The summed E-state index contributed by atoms with van der Waals surface area (Å²) in [7, 11) is 0. The van der Waals surface area contributed by atoms with E-state index in [1.165, 1.54) is 6.08 Å².